The second-order valence-corrected chi connectivity index (χ2v) is 7.28. The average Bonchev–Trinajstić information content (AvgIpc) is 3.24. The summed E-state index contributed by atoms with van der Waals surface area (Å²) in [6.45, 7) is 2.00. The number of nitrogens with zero attached hydrogens (tertiary/aromatic N) is 1. The van der Waals surface area contributed by atoms with E-state index in [1.807, 2.05) is 61.5 Å². The van der Waals surface area contributed by atoms with E-state index in [9.17, 15) is 9.59 Å². The Morgan fingerprint density at radius 1 is 0.912 bits per heavy atom. The van der Waals surface area contributed by atoms with Crippen molar-refractivity contribution in [3.63, 3.8) is 0 Å². The standard InChI is InChI=1S/C27H23NO6/c1-3-32-24-16-18(9-14-23(24)33-17-25(29)31-2)15-22-27(30)34-26(28-22)21-12-10-20(11-13-21)19-7-5-4-6-8-19/h4-16H,3,17H2,1-2H3/b22-15-. The van der Waals surface area contributed by atoms with Crippen LogP contribution in [0, 0.1) is 0 Å². The van der Waals surface area contributed by atoms with Crippen molar-refractivity contribution in [2.24, 2.45) is 4.99 Å². The summed E-state index contributed by atoms with van der Waals surface area (Å²) < 4.78 is 21.1. The number of rotatable bonds is 8. The van der Waals surface area contributed by atoms with E-state index in [1.54, 1.807) is 24.3 Å². The Morgan fingerprint density at radius 2 is 1.62 bits per heavy atom. The van der Waals surface area contributed by atoms with Crippen molar-refractivity contribution >= 4 is 23.9 Å². The van der Waals surface area contributed by atoms with Crippen LogP contribution in [0.5, 0.6) is 11.5 Å². The Morgan fingerprint density at radius 3 is 2.32 bits per heavy atom. The summed E-state index contributed by atoms with van der Waals surface area (Å²) in [6, 6.07) is 22.8. The second kappa shape index (κ2) is 10.5. The van der Waals surface area contributed by atoms with E-state index in [0.717, 1.165) is 11.1 Å². The lowest BCUT2D eigenvalue weighted by Crippen LogP contribution is -2.13. The third kappa shape index (κ3) is 5.32. The Balaban J connectivity index is 1.55. The van der Waals surface area contributed by atoms with Gasteiger partial charge in [-0.15, -0.1) is 0 Å². The number of carbonyl (C=O) groups excluding carboxylic acids is 2. The van der Waals surface area contributed by atoms with Crippen LogP contribution < -0.4 is 9.47 Å². The van der Waals surface area contributed by atoms with Gasteiger partial charge in [0.2, 0.25) is 5.90 Å². The Hall–Kier alpha value is -4.39. The zero-order chi connectivity index (χ0) is 23.9. The smallest absolute Gasteiger partial charge is 0.363 e. The van der Waals surface area contributed by atoms with Crippen LogP contribution >= 0.6 is 0 Å². The van der Waals surface area contributed by atoms with E-state index < -0.39 is 11.9 Å². The minimum absolute atomic E-state index is 0.174. The van der Waals surface area contributed by atoms with Gasteiger partial charge in [0.15, 0.2) is 23.8 Å². The molecule has 7 heteroatoms. The number of hydrogen-bond acceptors (Lipinski definition) is 7. The summed E-state index contributed by atoms with van der Waals surface area (Å²) in [7, 11) is 1.29. The largest absolute Gasteiger partial charge is 0.490 e. The lowest BCUT2D eigenvalue weighted by molar-refractivity contribution is -0.143. The van der Waals surface area contributed by atoms with Gasteiger partial charge < -0.3 is 18.9 Å². The van der Waals surface area contributed by atoms with Crippen LogP contribution in [0.15, 0.2) is 83.5 Å². The number of hydrogen-bond donors (Lipinski definition) is 0. The van der Waals surface area contributed by atoms with Gasteiger partial charge in [0.1, 0.15) is 0 Å². The summed E-state index contributed by atoms with van der Waals surface area (Å²) >= 11 is 0. The Labute approximate surface area is 197 Å². The molecular formula is C27H23NO6. The number of methoxy groups -OCH3 is 1. The topological polar surface area (TPSA) is 83.4 Å². The third-order valence-corrected chi connectivity index (χ3v) is 5.00. The molecule has 4 rings (SSSR count). The average molecular weight is 457 g/mol. The number of ether oxygens (including phenoxy) is 4. The maximum atomic E-state index is 12.4. The van der Waals surface area contributed by atoms with E-state index in [0.29, 0.717) is 29.2 Å². The normalized spacial score (nSPS) is 13.9. The van der Waals surface area contributed by atoms with Crippen LogP contribution in [0.25, 0.3) is 17.2 Å². The van der Waals surface area contributed by atoms with Crippen molar-refractivity contribution < 1.29 is 28.5 Å². The van der Waals surface area contributed by atoms with E-state index in [4.69, 9.17) is 14.2 Å². The molecule has 1 aliphatic heterocycles. The van der Waals surface area contributed by atoms with Gasteiger partial charge in [-0.2, -0.15) is 0 Å². The van der Waals surface area contributed by atoms with Gasteiger partial charge in [0, 0.05) is 5.56 Å². The lowest BCUT2D eigenvalue weighted by Gasteiger charge is -2.11. The molecular weight excluding hydrogens is 434 g/mol. The van der Waals surface area contributed by atoms with Crippen LogP contribution in [0.4, 0.5) is 0 Å². The molecule has 34 heavy (non-hydrogen) atoms. The van der Waals surface area contributed by atoms with Gasteiger partial charge in [-0.1, -0.05) is 48.5 Å². The molecule has 0 unspecified atom stereocenters. The molecule has 0 spiro atoms. The van der Waals surface area contributed by atoms with E-state index in [-0.39, 0.29) is 18.2 Å². The summed E-state index contributed by atoms with van der Waals surface area (Å²) in [5, 5.41) is 0. The maximum absolute atomic E-state index is 12.4. The molecule has 1 heterocycles. The van der Waals surface area contributed by atoms with Gasteiger partial charge in [0.05, 0.1) is 13.7 Å². The maximum Gasteiger partial charge on any atom is 0.363 e. The minimum atomic E-state index is -0.536. The predicted octanol–water partition coefficient (Wildman–Crippen LogP) is 4.65. The van der Waals surface area contributed by atoms with Gasteiger partial charge >= 0.3 is 11.9 Å². The third-order valence-electron chi connectivity index (χ3n) is 5.00. The first-order valence-electron chi connectivity index (χ1n) is 10.7. The fourth-order valence-corrected chi connectivity index (χ4v) is 3.32. The van der Waals surface area contributed by atoms with E-state index >= 15 is 0 Å². The zero-order valence-electron chi connectivity index (χ0n) is 18.8. The molecule has 0 radical (unpaired) electrons. The first kappa shape index (κ1) is 22.8. The summed E-state index contributed by atoms with van der Waals surface area (Å²) in [4.78, 5) is 28.2. The molecule has 7 nitrogen and oxygen atoms in total. The SMILES string of the molecule is CCOc1cc(/C=C2\N=C(c3ccc(-c4ccccc4)cc3)OC2=O)ccc1OCC(=O)OC. The van der Waals surface area contributed by atoms with Crippen molar-refractivity contribution in [2.45, 2.75) is 6.92 Å². The fourth-order valence-electron chi connectivity index (χ4n) is 3.32. The summed E-state index contributed by atoms with van der Waals surface area (Å²) in [5.41, 5.74) is 3.71. The first-order chi connectivity index (χ1) is 16.6. The molecule has 3 aromatic carbocycles. The minimum Gasteiger partial charge on any atom is -0.490 e. The van der Waals surface area contributed by atoms with Crippen molar-refractivity contribution in [2.75, 3.05) is 20.3 Å². The van der Waals surface area contributed by atoms with Gasteiger partial charge in [-0.3, -0.25) is 0 Å². The second-order valence-electron chi connectivity index (χ2n) is 7.28. The molecule has 0 fully saturated rings. The molecule has 0 bridgehead atoms. The quantitative estimate of drug-likeness (QED) is 0.362. The molecule has 0 N–H and O–H groups in total. The molecule has 0 saturated heterocycles. The molecule has 0 aromatic heterocycles. The first-order valence-corrected chi connectivity index (χ1v) is 10.7. The number of aliphatic imine (C=N–C) groups is 1. The highest BCUT2D eigenvalue weighted by atomic mass is 16.6. The van der Waals surface area contributed by atoms with E-state index in [1.165, 1.54) is 7.11 Å². The zero-order valence-corrected chi connectivity index (χ0v) is 18.8. The highest BCUT2D eigenvalue weighted by Gasteiger charge is 2.24. The number of carbonyl (C=O) groups is 2. The van der Waals surface area contributed by atoms with Crippen molar-refractivity contribution in [3.8, 4) is 22.6 Å². The number of cyclic esters (lactones) is 1. The summed E-state index contributed by atoms with van der Waals surface area (Å²) in [5.74, 6) is 0.0463. The molecule has 0 atom stereocenters. The molecule has 0 aliphatic carbocycles. The van der Waals surface area contributed by atoms with Crippen molar-refractivity contribution in [1.29, 1.82) is 0 Å². The molecule has 0 saturated carbocycles. The Kier molecular flexibility index (Phi) is 7.03. The Bertz CT molecular complexity index is 1250. The molecule has 1 aliphatic rings. The number of esters is 2. The molecule has 3 aromatic rings. The van der Waals surface area contributed by atoms with Crippen molar-refractivity contribution in [3.05, 3.63) is 89.6 Å². The highest BCUT2D eigenvalue weighted by molar-refractivity contribution is 6.13. The van der Waals surface area contributed by atoms with Gasteiger partial charge in [-0.25, -0.2) is 14.6 Å². The lowest BCUT2D eigenvalue weighted by atomic mass is 10.0. The predicted molar refractivity (Wildman–Crippen MR) is 128 cm³/mol. The van der Waals surface area contributed by atoms with Crippen LogP contribution in [-0.4, -0.2) is 38.2 Å². The molecule has 0 amide bonds. The van der Waals surface area contributed by atoms with E-state index in [2.05, 4.69) is 9.73 Å². The molecule has 172 valence electrons. The van der Waals surface area contributed by atoms with Gasteiger partial charge in [-0.05, 0) is 54.0 Å². The monoisotopic (exact) mass is 457 g/mol. The van der Waals surface area contributed by atoms with Crippen LogP contribution in [0.2, 0.25) is 0 Å². The highest BCUT2D eigenvalue weighted by Crippen LogP contribution is 2.30. The van der Waals surface area contributed by atoms with Crippen LogP contribution in [-0.2, 0) is 19.1 Å². The van der Waals surface area contributed by atoms with Gasteiger partial charge in [0.25, 0.3) is 0 Å². The fraction of sp³-hybridized carbons (Fsp3) is 0.148. The van der Waals surface area contributed by atoms with Crippen LogP contribution in [0.3, 0.4) is 0 Å². The summed E-state index contributed by atoms with van der Waals surface area (Å²) in [6.07, 6.45) is 1.61. The number of benzene rings is 3. The van der Waals surface area contributed by atoms with Crippen LogP contribution in [0.1, 0.15) is 18.1 Å². The van der Waals surface area contributed by atoms with Crippen molar-refractivity contribution in [1.82, 2.24) is 0 Å².